The van der Waals surface area contributed by atoms with Crippen molar-refractivity contribution in [1.29, 1.82) is 0 Å². The number of piperidine rings is 1. The van der Waals surface area contributed by atoms with Gasteiger partial charge in [0.25, 0.3) is 5.91 Å². The molecule has 0 aromatic heterocycles. The quantitative estimate of drug-likeness (QED) is 0.691. The van der Waals surface area contributed by atoms with Crippen molar-refractivity contribution in [3.05, 3.63) is 29.8 Å². The van der Waals surface area contributed by atoms with Crippen LogP contribution < -0.4 is 4.74 Å². The number of carbonyl (C=O) groups excluding carboxylic acids is 3. The number of esters is 2. The van der Waals surface area contributed by atoms with E-state index in [2.05, 4.69) is 0 Å². The van der Waals surface area contributed by atoms with Crippen molar-refractivity contribution in [2.75, 3.05) is 26.4 Å². The van der Waals surface area contributed by atoms with Gasteiger partial charge in [0.05, 0.1) is 18.8 Å². The summed E-state index contributed by atoms with van der Waals surface area (Å²) in [6, 6.07) is 5.91. The molecule has 7 heteroatoms. The van der Waals surface area contributed by atoms with Crippen LogP contribution in [0.4, 0.5) is 0 Å². The molecule has 1 unspecified atom stereocenters. The number of ether oxygens (including phenoxy) is 3. The normalized spacial score (nSPS) is 16.7. The second-order valence-electron chi connectivity index (χ2n) is 5.88. The molecule has 7 nitrogen and oxygen atoms in total. The van der Waals surface area contributed by atoms with Gasteiger partial charge in [-0.1, -0.05) is 0 Å². The third-order valence-corrected chi connectivity index (χ3v) is 4.11. The van der Waals surface area contributed by atoms with Crippen molar-refractivity contribution in [2.24, 2.45) is 0 Å². The summed E-state index contributed by atoms with van der Waals surface area (Å²) in [5.41, 5.74) is 0.335. The molecule has 1 aliphatic heterocycles. The van der Waals surface area contributed by atoms with Gasteiger partial charge in [-0.05, 0) is 57.4 Å². The molecule has 2 rings (SSSR count). The van der Waals surface area contributed by atoms with Gasteiger partial charge in [0.1, 0.15) is 11.8 Å². The second-order valence-corrected chi connectivity index (χ2v) is 5.88. The van der Waals surface area contributed by atoms with Crippen molar-refractivity contribution in [3.63, 3.8) is 0 Å². The Morgan fingerprint density at radius 2 is 1.77 bits per heavy atom. The molecule has 0 aliphatic carbocycles. The zero-order chi connectivity index (χ0) is 18.9. The van der Waals surface area contributed by atoms with Crippen LogP contribution in [-0.4, -0.2) is 55.2 Å². The Labute approximate surface area is 153 Å². The van der Waals surface area contributed by atoms with Crippen LogP contribution in [-0.2, 0) is 19.1 Å². The summed E-state index contributed by atoms with van der Waals surface area (Å²) >= 11 is 0. The highest BCUT2D eigenvalue weighted by Gasteiger charge is 2.33. The summed E-state index contributed by atoms with van der Waals surface area (Å²) in [5, 5.41) is 0. The molecule has 0 saturated carbocycles. The van der Waals surface area contributed by atoms with Gasteiger partial charge in [-0.3, -0.25) is 4.79 Å². The highest BCUT2D eigenvalue weighted by atomic mass is 16.5. The first-order valence-corrected chi connectivity index (χ1v) is 8.92. The first kappa shape index (κ1) is 19.8. The number of likely N-dealkylation sites (tertiary alicyclic amines) is 1. The Morgan fingerprint density at radius 1 is 1.04 bits per heavy atom. The Morgan fingerprint density at radius 3 is 2.42 bits per heavy atom. The van der Waals surface area contributed by atoms with E-state index in [1.54, 1.807) is 31.2 Å². The Hall–Kier alpha value is -2.57. The molecule has 1 heterocycles. The lowest BCUT2D eigenvalue weighted by Crippen LogP contribution is -2.50. The first-order chi connectivity index (χ1) is 12.6. The van der Waals surface area contributed by atoms with E-state index in [0.717, 1.165) is 12.8 Å². The van der Waals surface area contributed by atoms with Gasteiger partial charge in [-0.2, -0.15) is 0 Å². The summed E-state index contributed by atoms with van der Waals surface area (Å²) in [7, 11) is 0. The number of hydrogen-bond acceptors (Lipinski definition) is 6. The zero-order valence-corrected chi connectivity index (χ0v) is 15.2. The lowest BCUT2D eigenvalue weighted by atomic mass is 10.0. The third-order valence-electron chi connectivity index (χ3n) is 4.11. The van der Waals surface area contributed by atoms with Gasteiger partial charge in [-0.15, -0.1) is 0 Å². The minimum absolute atomic E-state index is 0.268. The lowest BCUT2D eigenvalue weighted by Gasteiger charge is -2.33. The number of rotatable bonds is 7. The van der Waals surface area contributed by atoms with E-state index < -0.39 is 24.6 Å². The van der Waals surface area contributed by atoms with Crippen molar-refractivity contribution >= 4 is 17.8 Å². The summed E-state index contributed by atoms with van der Waals surface area (Å²) in [5.74, 6) is -0.725. The van der Waals surface area contributed by atoms with Crippen molar-refractivity contribution < 1.29 is 28.6 Å². The summed E-state index contributed by atoms with van der Waals surface area (Å²) < 4.78 is 15.5. The molecule has 1 aliphatic rings. The van der Waals surface area contributed by atoms with E-state index in [4.69, 9.17) is 14.2 Å². The molecule has 1 aromatic carbocycles. The van der Waals surface area contributed by atoms with Gasteiger partial charge in [-0.25, -0.2) is 9.59 Å². The molecule has 1 atom stereocenters. The SMILES string of the molecule is CCOC(=O)C1CCCCN1C(=O)COC(=O)c1ccc(OCC)cc1. The standard InChI is InChI=1S/C19H25NO6/c1-3-24-15-10-8-14(9-11-15)18(22)26-13-17(21)20-12-6-5-7-16(20)19(23)25-4-2/h8-11,16H,3-7,12-13H2,1-2H3. The highest BCUT2D eigenvalue weighted by Crippen LogP contribution is 2.19. The summed E-state index contributed by atoms with van der Waals surface area (Å²) in [6.45, 7) is 4.47. The number of hydrogen-bond donors (Lipinski definition) is 0. The first-order valence-electron chi connectivity index (χ1n) is 8.92. The van der Waals surface area contributed by atoms with Gasteiger partial charge in [0.2, 0.25) is 0 Å². The van der Waals surface area contributed by atoms with E-state index in [-0.39, 0.29) is 12.5 Å². The van der Waals surface area contributed by atoms with Crippen LogP contribution >= 0.6 is 0 Å². The molecule has 26 heavy (non-hydrogen) atoms. The average molecular weight is 363 g/mol. The summed E-state index contributed by atoms with van der Waals surface area (Å²) in [6.07, 6.45) is 2.24. The Bertz CT molecular complexity index is 627. The second kappa shape index (κ2) is 9.79. The van der Waals surface area contributed by atoms with E-state index >= 15 is 0 Å². The maximum absolute atomic E-state index is 12.4. The number of amides is 1. The van der Waals surface area contributed by atoms with Gasteiger partial charge < -0.3 is 19.1 Å². The molecule has 0 radical (unpaired) electrons. The molecule has 0 N–H and O–H groups in total. The van der Waals surface area contributed by atoms with Crippen LogP contribution in [0.5, 0.6) is 5.75 Å². The monoisotopic (exact) mass is 363 g/mol. The van der Waals surface area contributed by atoms with Crippen LogP contribution in [0.25, 0.3) is 0 Å². The highest BCUT2D eigenvalue weighted by molar-refractivity contribution is 5.92. The van der Waals surface area contributed by atoms with Gasteiger partial charge in [0, 0.05) is 6.54 Å². The Balaban J connectivity index is 1.91. The van der Waals surface area contributed by atoms with E-state index in [1.807, 2.05) is 6.92 Å². The lowest BCUT2D eigenvalue weighted by molar-refractivity contribution is -0.157. The minimum atomic E-state index is -0.597. The van der Waals surface area contributed by atoms with Crippen molar-refractivity contribution in [2.45, 2.75) is 39.2 Å². The van der Waals surface area contributed by atoms with E-state index in [0.29, 0.717) is 30.9 Å². The largest absolute Gasteiger partial charge is 0.494 e. The fraction of sp³-hybridized carbons (Fsp3) is 0.526. The van der Waals surface area contributed by atoms with Gasteiger partial charge in [0.15, 0.2) is 6.61 Å². The maximum Gasteiger partial charge on any atom is 0.338 e. The van der Waals surface area contributed by atoms with E-state index in [1.165, 1.54) is 4.90 Å². The smallest absolute Gasteiger partial charge is 0.338 e. The molecule has 142 valence electrons. The van der Waals surface area contributed by atoms with Crippen LogP contribution in [0.2, 0.25) is 0 Å². The van der Waals surface area contributed by atoms with Crippen LogP contribution in [0.15, 0.2) is 24.3 Å². The fourth-order valence-electron chi connectivity index (χ4n) is 2.86. The maximum atomic E-state index is 12.4. The van der Waals surface area contributed by atoms with Crippen LogP contribution in [0.1, 0.15) is 43.5 Å². The topological polar surface area (TPSA) is 82.1 Å². The zero-order valence-electron chi connectivity index (χ0n) is 15.2. The predicted molar refractivity (Wildman–Crippen MR) is 93.9 cm³/mol. The third kappa shape index (κ3) is 5.21. The predicted octanol–water partition coefficient (Wildman–Crippen LogP) is 2.19. The van der Waals surface area contributed by atoms with E-state index in [9.17, 15) is 14.4 Å². The average Bonchev–Trinajstić information content (AvgIpc) is 2.67. The fourth-order valence-corrected chi connectivity index (χ4v) is 2.86. The Kier molecular flexibility index (Phi) is 7.44. The molecular formula is C19H25NO6. The molecule has 1 fully saturated rings. The molecule has 0 spiro atoms. The molecule has 1 aromatic rings. The van der Waals surface area contributed by atoms with Crippen molar-refractivity contribution in [1.82, 2.24) is 4.90 Å². The summed E-state index contributed by atoms with van der Waals surface area (Å²) in [4.78, 5) is 38.0. The number of nitrogens with zero attached hydrogens (tertiary/aromatic N) is 1. The van der Waals surface area contributed by atoms with Gasteiger partial charge >= 0.3 is 11.9 Å². The van der Waals surface area contributed by atoms with Crippen molar-refractivity contribution in [3.8, 4) is 5.75 Å². The molecular weight excluding hydrogens is 338 g/mol. The number of benzene rings is 1. The molecule has 1 amide bonds. The number of carbonyl (C=O) groups is 3. The molecule has 0 bridgehead atoms. The van der Waals surface area contributed by atoms with Crippen LogP contribution in [0, 0.1) is 0 Å². The molecule has 1 saturated heterocycles. The minimum Gasteiger partial charge on any atom is -0.494 e. The van der Waals surface area contributed by atoms with Crippen LogP contribution in [0.3, 0.4) is 0 Å².